The van der Waals surface area contributed by atoms with E-state index in [1.54, 1.807) is 18.3 Å². The third-order valence-corrected chi connectivity index (χ3v) is 4.64. The number of hydrogen-bond acceptors (Lipinski definition) is 5. The zero-order valence-corrected chi connectivity index (χ0v) is 13.6. The summed E-state index contributed by atoms with van der Waals surface area (Å²) < 4.78 is 6.30. The predicted molar refractivity (Wildman–Crippen MR) is 94.2 cm³/mol. The number of thiazole rings is 1. The van der Waals surface area contributed by atoms with E-state index >= 15 is 0 Å². The molecule has 2 heterocycles. The average molecular weight is 335 g/mol. The van der Waals surface area contributed by atoms with Gasteiger partial charge in [-0.25, -0.2) is 9.97 Å². The zero-order valence-electron chi connectivity index (χ0n) is 12.8. The highest BCUT2D eigenvalue weighted by Gasteiger charge is 2.11. The Bertz CT molecular complexity index is 1000. The van der Waals surface area contributed by atoms with Crippen LogP contribution >= 0.6 is 11.3 Å². The van der Waals surface area contributed by atoms with Crippen LogP contribution in [-0.2, 0) is 0 Å². The number of carbonyl (C=O) groups is 1. The maximum absolute atomic E-state index is 12.4. The summed E-state index contributed by atoms with van der Waals surface area (Å²) >= 11 is 1.47. The second-order valence-electron chi connectivity index (χ2n) is 5.34. The molecule has 5 nitrogen and oxygen atoms in total. The Labute approximate surface area is 142 Å². The molecule has 0 fully saturated rings. The van der Waals surface area contributed by atoms with E-state index in [0.29, 0.717) is 16.5 Å². The molecule has 0 spiro atoms. The lowest BCUT2D eigenvalue weighted by molar-refractivity contribution is 0.102. The molecule has 0 unspecified atom stereocenters. The van der Waals surface area contributed by atoms with Crippen LogP contribution in [0, 0.1) is 6.92 Å². The first-order valence-electron chi connectivity index (χ1n) is 7.37. The molecule has 2 aromatic heterocycles. The zero-order chi connectivity index (χ0) is 16.5. The predicted octanol–water partition coefficient (Wildman–Crippen LogP) is 4.51. The van der Waals surface area contributed by atoms with Crippen molar-refractivity contribution >= 4 is 32.6 Å². The Kier molecular flexibility index (Phi) is 3.59. The molecule has 6 heteroatoms. The van der Waals surface area contributed by atoms with Gasteiger partial charge in [0, 0.05) is 11.1 Å². The van der Waals surface area contributed by atoms with Crippen molar-refractivity contribution in [1.82, 2.24) is 9.97 Å². The van der Waals surface area contributed by atoms with Crippen LogP contribution in [0.1, 0.15) is 15.9 Å². The van der Waals surface area contributed by atoms with Gasteiger partial charge in [-0.05, 0) is 30.7 Å². The second-order valence-corrected chi connectivity index (χ2v) is 6.37. The number of rotatable bonds is 3. The molecule has 4 rings (SSSR count). The van der Waals surface area contributed by atoms with E-state index in [1.165, 1.54) is 17.7 Å². The van der Waals surface area contributed by atoms with Crippen LogP contribution in [0.3, 0.4) is 0 Å². The first kappa shape index (κ1) is 14.6. The maximum atomic E-state index is 12.4. The molecule has 4 aromatic rings. The van der Waals surface area contributed by atoms with Crippen molar-refractivity contribution < 1.29 is 9.21 Å². The van der Waals surface area contributed by atoms with Crippen LogP contribution in [0.15, 0.2) is 59.5 Å². The molecule has 0 atom stereocenters. The van der Waals surface area contributed by atoms with Crippen LogP contribution in [0.25, 0.3) is 21.5 Å². The number of para-hydroxylation sites is 1. The van der Waals surface area contributed by atoms with Crippen LogP contribution in [-0.4, -0.2) is 15.9 Å². The number of nitrogens with zero attached hydrogens (tertiary/aromatic N) is 2. The summed E-state index contributed by atoms with van der Waals surface area (Å²) in [6.45, 7) is 2.01. The Balaban J connectivity index is 1.56. The summed E-state index contributed by atoms with van der Waals surface area (Å²) in [5.41, 5.74) is 3.47. The van der Waals surface area contributed by atoms with Crippen LogP contribution < -0.4 is 5.32 Å². The Morgan fingerprint density at radius 1 is 1.17 bits per heavy atom. The van der Waals surface area contributed by atoms with Gasteiger partial charge in [0.05, 0.1) is 16.4 Å². The average Bonchev–Trinajstić information content (AvgIpc) is 3.25. The Hall–Kier alpha value is -2.99. The highest BCUT2D eigenvalue weighted by atomic mass is 32.1. The van der Waals surface area contributed by atoms with Gasteiger partial charge < -0.3 is 4.42 Å². The number of carbonyl (C=O) groups excluding carboxylic acids is 1. The number of aryl methyl sites for hydroxylation is 1. The van der Waals surface area contributed by atoms with Crippen molar-refractivity contribution in [2.75, 3.05) is 5.32 Å². The topological polar surface area (TPSA) is 68.0 Å². The lowest BCUT2D eigenvalue weighted by Crippen LogP contribution is -2.11. The normalized spacial score (nSPS) is 10.9. The fourth-order valence-electron chi connectivity index (χ4n) is 2.45. The van der Waals surface area contributed by atoms with E-state index in [9.17, 15) is 4.79 Å². The van der Waals surface area contributed by atoms with Gasteiger partial charge in [0.2, 0.25) is 0 Å². The van der Waals surface area contributed by atoms with Gasteiger partial charge in [-0.3, -0.25) is 10.1 Å². The smallest absolute Gasteiger partial charge is 0.257 e. The monoisotopic (exact) mass is 335 g/mol. The lowest BCUT2D eigenvalue weighted by atomic mass is 10.1. The van der Waals surface area contributed by atoms with Gasteiger partial charge in [0.1, 0.15) is 0 Å². The molecule has 1 amide bonds. The molecule has 0 aliphatic rings. The number of fused-ring (bicyclic) bond motifs is 1. The van der Waals surface area contributed by atoms with E-state index in [-0.39, 0.29) is 5.91 Å². The maximum Gasteiger partial charge on any atom is 0.257 e. The van der Waals surface area contributed by atoms with E-state index in [0.717, 1.165) is 21.3 Å². The minimum absolute atomic E-state index is 0.184. The van der Waals surface area contributed by atoms with E-state index in [4.69, 9.17) is 4.42 Å². The second kappa shape index (κ2) is 5.90. The van der Waals surface area contributed by atoms with Crippen molar-refractivity contribution in [2.24, 2.45) is 0 Å². The standard InChI is InChI=1S/C18H13N3O2S/c1-11-3-2-4-15-16(11)20-18(24-15)21-17(22)13-7-5-12(6-8-13)14-9-19-10-23-14/h2-10H,1H3,(H,20,21,22). The van der Waals surface area contributed by atoms with Gasteiger partial charge >= 0.3 is 0 Å². The van der Waals surface area contributed by atoms with E-state index in [1.807, 2.05) is 37.3 Å². The van der Waals surface area contributed by atoms with Crippen molar-refractivity contribution in [3.05, 3.63) is 66.2 Å². The highest BCUT2D eigenvalue weighted by molar-refractivity contribution is 7.22. The van der Waals surface area contributed by atoms with Gasteiger partial charge in [-0.15, -0.1) is 0 Å². The molecule has 24 heavy (non-hydrogen) atoms. The number of anilines is 1. The number of oxazole rings is 1. The van der Waals surface area contributed by atoms with Crippen molar-refractivity contribution in [2.45, 2.75) is 6.92 Å². The molecule has 118 valence electrons. The Morgan fingerprint density at radius 2 is 2.00 bits per heavy atom. The van der Waals surface area contributed by atoms with Gasteiger partial charge in [-0.2, -0.15) is 0 Å². The molecule has 2 aromatic carbocycles. The first-order chi connectivity index (χ1) is 11.7. The minimum Gasteiger partial charge on any atom is -0.444 e. The number of hydrogen-bond donors (Lipinski definition) is 1. The molecular weight excluding hydrogens is 322 g/mol. The first-order valence-corrected chi connectivity index (χ1v) is 8.19. The quantitative estimate of drug-likeness (QED) is 0.598. The molecular formula is C18H13N3O2S. The van der Waals surface area contributed by atoms with Gasteiger partial charge in [0.15, 0.2) is 17.3 Å². The van der Waals surface area contributed by atoms with Crippen LogP contribution in [0.2, 0.25) is 0 Å². The largest absolute Gasteiger partial charge is 0.444 e. The molecule has 1 N–H and O–H groups in total. The number of aromatic nitrogens is 2. The van der Waals surface area contributed by atoms with E-state index < -0.39 is 0 Å². The van der Waals surface area contributed by atoms with E-state index in [2.05, 4.69) is 15.3 Å². The highest BCUT2D eigenvalue weighted by Crippen LogP contribution is 2.28. The number of nitrogens with one attached hydrogen (secondary N) is 1. The third kappa shape index (κ3) is 2.68. The van der Waals surface area contributed by atoms with Crippen molar-refractivity contribution in [3.8, 4) is 11.3 Å². The van der Waals surface area contributed by atoms with Crippen LogP contribution in [0.4, 0.5) is 5.13 Å². The fourth-order valence-corrected chi connectivity index (χ4v) is 3.39. The van der Waals surface area contributed by atoms with Crippen molar-refractivity contribution in [1.29, 1.82) is 0 Å². The third-order valence-electron chi connectivity index (χ3n) is 3.71. The molecule has 0 aliphatic heterocycles. The summed E-state index contributed by atoms with van der Waals surface area (Å²) in [6, 6.07) is 13.2. The van der Waals surface area contributed by atoms with Crippen LogP contribution in [0.5, 0.6) is 0 Å². The fraction of sp³-hybridized carbons (Fsp3) is 0.0556. The summed E-state index contributed by atoms with van der Waals surface area (Å²) in [6.07, 6.45) is 3.02. The summed E-state index contributed by atoms with van der Waals surface area (Å²) in [5.74, 6) is 0.486. The Morgan fingerprint density at radius 3 is 2.71 bits per heavy atom. The summed E-state index contributed by atoms with van der Waals surface area (Å²) in [4.78, 5) is 20.8. The summed E-state index contributed by atoms with van der Waals surface area (Å²) in [5, 5.41) is 3.46. The van der Waals surface area contributed by atoms with Gasteiger partial charge in [0.25, 0.3) is 5.91 Å². The molecule has 0 saturated carbocycles. The van der Waals surface area contributed by atoms with Crippen molar-refractivity contribution in [3.63, 3.8) is 0 Å². The summed E-state index contributed by atoms with van der Waals surface area (Å²) in [7, 11) is 0. The molecule has 0 aliphatic carbocycles. The molecule has 0 saturated heterocycles. The molecule has 0 bridgehead atoms. The number of amides is 1. The minimum atomic E-state index is -0.184. The SMILES string of the molecule is Cc1cccc2sc(NC(=O)c3ccc(-c4cnco4)cc3)nc12. The van der Waals surface area contributed by atoms with Gasteiger partial charge in [-0.1, -0.05) is 35.6 Å². The number of benzene rings is 2. The lowest BCUT2D eigenvalue weighted by Gasteiger charge is -2.02. The molecule has 0 radical (unpaired) electrons.